The molecule has 0 aliphatic carbocycles. The Labute approximate surface area is 201 Å². The maximum atomic E-state index is 13.0. The summed E-state index contributed by atoms with van der Waals surface area (Å²) in [5.41, 5.74) is 2.39. The molecule has 0 aliphatic rings. The lowest BCUT2D eigenvalue weighted by molar-refractivity contribution is 0.272. The summed E-state index contributed by atoms with van der Waals surface area (Å²) in [6.07, 6.45) is 4.09. The molecular weight excluding hydrogens is 450 g/mol. The molecule has 4 rings (SSSR count). The molecule has 0 amide bonds. The second-order valence-corrected chi connectivity index (χ2v) is 8.99. The number of thiazole rings is 1. The van der Waals surface area contributed by atoms with Crippen LogP contribution in [0.2, 0.25) is 0 Å². The van der Waals surface area contributed by atoms with Crippen LogP contribution >= 0.6 is 11.3 Å². The van der Waals surface area contributed by atoms with Crippen molar-refractivity contribution < 1.29 is 9.47 Å². The highest BCUT2D eigenvalue weighted by Crippen LogP contribution is 2.29. The Bertz CT molecular complexity index is 1460. The van der Waals surface area contributed by atoms with Crippen molar-refractivity contribution in [1.82, 2.24) is 14.6 Å². The molecule has 176 valence electrons. The van der Waals surface area contributed by atoms with E-state index in [0.717, 1.165) is 40.9 Å². The third-order valence-electron chi connectivity index (χ3n) is 5.26. The van der Waals surface area contributed by atoms with Gasteiger partial charge in [0.05, 0.1) is 17.7 Å². The van der Waals surface area contributed by atoms with Crippen molar-refractivity contribution in [2.24, 2.45) is 0 Å². The van der Waals surface area contributed by atoms with Crippen molar-refractivity contribution in [3.05, 3.63) is 90.1 Å². The predicted molar refractivity (Wildman–Crippen MR) is 134 cm³/mol. The van der Waals surface area contributed by atoms with Crippen LogP contribution in [0.4, 0.5) is 0 Å². The number of aromatic nitrogens is 3. The molecule has 34 heavy (non-hydrogen) atoms. The van der Waals surface area contributed by atoms with Crippen LogP contribution in [0.3, 0.4) is 0 Å². The summed E-state index contributed by atoms with van der Waals surface area (Å²) in [5, 5.41) is 4.33. The zero-order chi connectivity index (χ0) is 24.1. The van der Waals surface area contributed by atoms with Crippen LogP contribution in [0, 0.1) is 6.92 Å². The lowest BCUT2D eigenvalue weighted by Gasteiger charge is -2.12. The molecule has 0 saturated carbocycles. The average Bonchev–Trinajstić information content (AvgIpc) is 3.11. The van der Waals surface area contributed by atoms with E-state index in [-0.39, 0.29) is 16.2 Å². The van der Waals surface area contributed by atoms with Gasteiger partial charge in [-0.2, -0.15) is 14.6 Å². The molecular formula is C26H27N3O4S. The molecule has 0 fully saturated rings. The Kier molecular flexibility index (Phi) is 7.37. The van der Waals surface area contributed by atoms with Crippen LogP contribution in [-0.4, -0.2) is 27.8 Å². The van der Waals surface area contributed by atoms with Crippen molar-refractivity contribution in [2.45, 2.75) is 40.0 Å². The minimum absolute atomic E-state index is 0.245. The van der Waals surface area contributed by atoms with Gasteiger partial charge < -0.3 is 9.47 Å². The van der Waals surface area contributed by atoms with E-state index in [1.54, 1.807) is 6.08 Å². The van der Waals surface area contributed by atoms with Crippen LogP contribution in [0.15, 0.2) is 52.1 Å². The number of hydrogen-bond acceptors (Lipinski definition) is 7. The number of aryl methyl sites for hydroxylation is 1. The third-order valence-corrected chi connectivity index (χ3v) is 6.22. The van der Waals surface area contributed by atoms with Crippen LogP contribution in [0.25, 0.3) is 11.0 Å². The van der Waals surface area contributed by atoms with Gasteiger partial charge in [-0.3, -0.25) is 9.59 Å². The van der Waals surface area contributed by atoms with E-state index in [0.29, 0.717) is 35.7 Å². The molecule has 0 bridgehead atoms. The quantitative estimate of drug-likeness (QED) is 0.343. The number of ether oxygens (including phenoxy) is 2. The van der Waals surface area contributed by atoms with Crippen molar-refractivity contribution in [1.29, 1.82) is 0 Å². The normalized spacial score (nSPS) is 11.8. The van der Waals surface area contributed by atoms with Gasteiger partial charge in [-0.05, 0) is 49.6 Å². The Morgan fingerprint density at radius 3 is 2.56 bits per heavy atom. The van der Waals surface area contributed by atoms with Crippen LogP contribution in [0.1, 0.15) is 49.1 Å². The Morgan fingerprint density at radius 2 is 1.82 bits per heavy atom. The highest BCUT2D eigenvalue weighted by molar-refractivity contribution is 7.15. The average molecular weight is 478 g/mol. The third kappa shape index (κ3) is 5.34. The van der Waals surface area contributed by atoms with E-state index < -0.39 is 5.56 Å². The SMILES string of the molecule is CCCCOc1ccc(/C=c2\sc3nc(=O)c(Cc4ccc(C)cc4)nn3c2=O)cc1OCC. The number of benzene rings is 2. The van der Waals surface area contributed by atoms with Gasteiger partial charge >= 0.3 is 0 Å². The summed E-state index contributed by atoms with van der Waals surface area (Å²) < 4.78 is 13.2. The first kappa shape index (κ1) is 23.6. The number of rotatable bonds is 9. The van der Waals surface area contributed by atoms with Crippen molar-refractivity contribution in [2.75, 3.05) is 13.2 Å². The van der Waals surface area contributed by atoms with Gasteiger partial charge in [0.2, 0.25) is 4.96 Å². The maximum absolute atomic E-state index is 13.0. The van der Waals surface area contributed by atoms with Crippen molar-refractivity contribution in [3.8, 4) is 11.5 Å². The van der Waals surface area contributed by atoms with Gasteiger partial charge in [-0.15, -0.1) is 0 Å². The Balaban J connectivity index is 1.69. The largest absolute Gasteiger partial charge is 0.490 e. The smallest absolute Gasteiger partial charge is 0.296 e. The number of unbranched alkanes of at least 4 members (excludes halogenated alkanes) is 1. The number of nitrogens with zero attached hydrogens (tertiary/aromatic N) is 3. The lowest BCUT2D eigenvalue weighted by Crippen LogP contribution is -2.28. The van der Waals surface area contributed by atoms with Gasteiger partial charge in [0.15, 0.2) is 11.5 Å². The van der Waals surface area contributed by atoms with Gasteiger partial charge in [0.1, 0.15) is 5.69 Å². The molecule has 0 spiro atoms. The maximum Gasteiger partial charge on any atom is 0.296 e. The second-order valence-electron chi connectivity index (χ2n) is 7.98. The predicted octanol–water partition coefficient (Wildman–Crippen LogP) is 3.54. The van der Waals surface area contributed by atoms with Crippen molar-refractivity contribution >= 4 is 22.4 Å². The van der Waals surface area contributed by atoms with E-state index in [4.69, 9.17) is 9.47 Å². The molecule has 0 aliphatic heterocycles. The first-order chi connectivity index (χ1) is 16.5. The number of hydrogen-bond donors (Lipinski definition) is 0. The zero-order valence-electron chi connectivity index (χ0n) is 19.5. The summed E-state index contributed by atoms with van der Waals surface area (Å²) in [6, 6.07) is 13.4. The highest BCUT2D eigenvalue weighted by atomic mass is 32.1. The fraction of sp³-hybridized carbons (Fsp3) is 0.308. The van der Waals surface area contributed by atoms with Crippen LogP contribution in [0.5, 0.6) is 11.5 Å². The van der Waals surface area contributed by atoms with Gasteiger partial charge in [-0.1, -0.05) is 60.6 Å². The highest BCUT2D eigenvalue weighted by Gasteiger charge is 2.12. The zero-order valence-corrected chi connectivity index (χ0v) is 20.4. The molecule has 4 aromatic rings. The molecule has 2 aromatic heterocycles. The molecule has 0 saturated heterocycles. The molecule has 2 heterocycles. The van der Waals surface area contributed by atoms with Gasteiger partial charge in [-0.25, -0.2) is 0 Å². The standard InChI is InChI=1S/C26H27N3O4S/c1-4-6-13-33-21-12-11-19(15-22(21)32-5-2)16-23-25(31)29-26(34-23)27-24(30)20(28-29)14-18-9-7-17(3)8-10-18/h7-12,15-16H,4-6,13-14H2,1-3H3/b23-16-. The van der Waals surface area contributed by atoms with Crippen LogP contribution in [-0.2, 0) is 6.42 Å². The molecule has 0 radical (unpaired) electrons. The summed E-state index contributed by atoms with van der Waals surface area (Å²) >= 11 is 1.14. The van der Waals surface area contributed by atoms with E-state index in [1.807, 2.05) is 56.3 Å². The molecule has 8 heteroatoms. The summed E-state index contributed by atoms with van der Waals surface area (Å²) in [7, 11) is 0. The van der Waals surface area contributed by atoms with E-state index in [9.17, 15) is 9.59 Å². The summed E-state index contributed by atoms with van der Waals surface area (Å²) in [6.45, 7) is 7.15. The number of fused-ring (bicyclic) bond motifs is 1. The lowest BCUT2D eigenvalue weighted by atomic mass is 10.1. The minimum atomic E-state index is -0.416. The van der Waals surface area contributed by atoms with E-state index in [2.05, 4.69) is 17.0 Å². The topological polar surface area (TPSA) is 82.8 Å². The Morgan fingerprint density at radius 1 is 1.03 bits per heavy atom. The molecule has 2 aromatic carbocycles. The van der Waals surface area contributed by atoms with E-state index >= 15 is 0 Å². The molecule has 0 atom stereocenters. The van der Waals surface area contributed by atoms with Crippen molar-refractivity contribution in [3.63, 3.8) is 0 Å². The van der Waals surface area contributed by atoms with E-state index in [1.165, 1.54) is 4.52 Å². The Hall–Kier alpha value is -3.52. The summed E-state index contributed by atoms with van der Waals surface area (Å²) in [5.74, 6) is 1.31. The summed E-state index contributed by atoms with van der Waals surface area (Å²) in [4.78, 5) is 29.9. The van der Waals surface area contributed by atoms with Gasteiger partial charge in [0, 0.05) is 6.42 Å². The fourth-order valence-corrected chi connectivity index (χ4v) is 4.34. The fourth-order valence-electron chi connectivity index (χ4n) is 3.43. The second kappa shape index (κ2) is 10.6. The first-order valence-corrected chi connectivity index (χ1v) is 12.2. The molecule has 0 unspecified atom stereocenters. The van der Waals surface area contributed by atoms with Gasteiger partial charge in [0.25, 0.3) is 11.1 Å². The molecule has 7 nitrogen and oxygen atoms in total. The van der Waals surface area contributed by atoms with Crippen LogP contribution < -0.4 is 25.1 Å². The first-order valence-electron chi connectivity index (χ1n) is 11.4. The monoisotopic (exact) mass is 477 g/mol. The minimum Gasteiger partial charge on any atom is -0.490 e. The molecule has 0 N–H and O–H groups in total.